The van der Waals surface area contributed by atoms with Gasteiger partial charge in [0.2, 0.25) is 0 Å². The van der Waals surface area contributed by atoms with Crippen LogP contribution in [0.15, 0.2) is 40.9 Å². The van der Waals surface area contributed by atoms with Crippen molar-refractivity contribution < 1.29 is 4.39 Å². The average Bonchev–Trinajstić information content (AvgIpc) is 2.80. The fourth-order valence-corrected chi connectivity index (χ4v) is 2.84. The molecule has 1 aromatic heterocycles. The van der Waals surface area contributed by atoms with Gasteiger partial charge in [0.15, 0.2) is 0 Å². The van der Waals surface area contributed by atoms with E-state index in [4.69, 9.17) is 23.2 Å². The summed E-state index contributed by atoms with van der Waals surface area (Å²) in [7, 11) is 0. The Morgan fingerprint density at radius 2 is 2.00 bits per heavy atom. The zero-order chi connectivity index (χ0) is 15.0. The van der Waals surface area contributed by atoms with Crippen LogP contribution in [0.1, 0.15) is 5.82 Å². The number of hydrogen-bond acceptors (Lipinski definition) is 1. The summed E-state index contributed by atoms with van der Waals surface area (Å²) in [5.74, 6) is 0.896. The molecule has 3 rings (SSSR count). The molecule has 3 aromatic rings. The Morgan fingerprint density at radius 3 is 2.71 bits per heavy atom. The third-order valence-corrected chi connectivity index (χ3v) is 4.23. The Hall–Kier alpha value is -1.10. The fourth-order valence-electron chi connectivity index (χ4n) is 2.26. The van der Waals surface area contributed by atoms with Crippen LogP contribution in [0.5, 0.6) is 0 Å². The minimum absolute atomic E-state index is 0.326. The van der Waals surface area contributed by atoms with E-state index in [1.165, 1.54) is 6.07 Å². The molecule has 0 atom stereocenters. The Kier molecular flexibility index (Phi) is 4.20. The van der Waals surface area contributed by atoms with Crippen LogP contribution in [-0.2, 0) is 6.42 Å². The smallest absolute Gasteiger partial charge is 0.139 e. The average molecular weight is 388 g/mol. The molecule has 2 nitrogen and oxygen atoms in total. The second-order valence-corrected chi connectivity index (χ2v) is 6.20. The van der Waals surface area contributed by atoms with Crippen LogP contribution in [0.4, 0.5) is 4.39 Å². The van der Waals surface area contributed by atoms with Crippen LogP contribution < -0.4 is 0 Å². The molecule has 0 radical (unpaired) electrons. The second-order valence-electron chi connectivity index (χ2n) is 4.53. The van der Waals surface area contributed by atoms with Crippen LogP contribution >= 0.6 is 39.1 Å². The molecule has 0 spiro atoms. The van der Waals surface area contributed by atoms with Gasteiger partial charge in [0.1, 0.15) is 11.6 Å². The number of halogens is 4. The molecule has 21 heavy (non-hydrogen) atoms. The van der Waals surface area contributed by atoms with Crippen LogP contribution in [0, 0.1) is 5.82 Å². The van der Waals surface area contributed by atoms with Crippen LogP contribution in [-0.4, -0.2) is 15.4 Å². The summed E-state index contributed by atoms with van der Waals surface area (Å²) in [5, 5.41) is 0.610. The van der Waals surface area contributed by atoms with Crippen molar-refractivity contribution in [3.8, 4) is 5.69 Å². The van der Waals surface area contributed by atoms with E-state index in [1.54, 1.807) is 12.1 Å². The van der Waals surface area contributed by atoms with E-state index in [9.17, 15) is 4.39 Å². The molecule has 0 fully saturated rings. The molecule has 108 valence electrons. The number of fused-ring (bicyclic) bond motifs is 1. The first kappa shape index (κ1) is 14.8. The quantitative estimate of drug-likeness (QED) is 0.553. The van der Waals surface area contributed by atoms with E-state index >= 15 is 0 Å². The number of hydrogen-bond donors (Lipinski definition) is 0. The number of aromatic nitrogens is 2. The van der Waals surface area contributed by atoms with E-state index in [2.05, 4.69) is 20.9 Å². The molecule has 6 heteroatoms. The van der Waals surface area contributed by atoms with Gasteiger partial charge >= 0.3 is 0 Å². The van der Waals surface area contributed by atoms with Crippen molar-refractivity contribution in [1.29, 1.82) is 0 Å². The third-order valence-electron chi connectivity index (χ3n) is 3.17. The number of rotatable bonds is 3. The minimum atomic E-state index is -0.326. The lowest BCUT2D eigenvalue weighted by Gasteiger charge is -2.09. The number of imidazole rings is 1. The van der Waals surface area contributed by atoms with Gasteiger partial charge in [-0.25, -0.2) is 9.37 Å². The highest BCUT2D eigenvalue weighted by Gasteiger charge is 2.13. The molecular formula is C15H10BrCl2FN2. The number of benzene rings is 2. The summed E-state index contributed by atoms with van der Waals surface area (Å²) in [4.78, 5) is 4.56. The summed E-state index contributed by atoms with van der Waals surface area (Å²) >= 11 is 15.1. The molecule has 2 aromatic carbocycles. The Balaban J connectivity index is 2.29. The maximum Gasteiger partial charge on any atom is 0.139 e. The topological polar surface area (TPSA) is 17.8 Å². The van der Waals surface area contributed by atoms with E-state index in [1.807, 2.05) is 22.8 Å². The Morgan fingerprint density at radius 1 is 1.19 bits per heavy atom. The van der Waals surface area contributed by atoms with Crippen molar-refractivity contribution in [1.82, 2.24) is 9.55 Å². The van der Waals surface area contributed by atoms with Crippen molar-refractivity contribution in [3.05, 3.63) is 57.5 Å². The van der Waals surface area contributed by atoms with Gasteiger partial charge in [0.05, 0.1) is 21.2 Å². The van der Waals surface area contributed by atoms with E-state index in [0.717, 1.165) is 16.9 Å². The minimum Gasteiger partial charge on any atom is -0.296 e. The van der Waals surface area contributed by atoms with Gasteiger partial charge in [-0.15, -0.1) is 11.6 Å². The molecule has 0 aliphatic carbocycles. The van der Waals surface area contributed by atoms with Gasteiger partial charge in [0, 0.05) is 17.3 Å². The Labute approximate surface area is 139 Å². The van der Waals surface area contributed by atoms with Gasteiger partial charge < -0.3 is 0 Å². The predicted octanol–water partition coefficient (Wildman–Crippen LogP) is 5.36. The molecule has 1 heterocycles. The summed E-state index contributed by atoms with van der Waals surface area (Å²) in [5.41, 5.74) is 2.34. The molecule has 0 aliphatic heterocycles. The highest BCUT2D eigenvalue weighted by molar-refractivity contribution is 9.10. The van der Waals surface area contributed by atoms with Crippen molar-refractivity contribution in [2.24, 2.45) is 0 Å². The number of nitrogens with zero attached hydrogens (tertiary/aromatic N) is 2. The summed E-state index contributed by atoms with van der Waals surface area (Å²) in [6.07, 6.45) is 0.589. The molecule has 0 aliphatic rings. The van der Waals surface area contributed by atoms with Crippen molar-refractivity contribution >= 4 is 50.2 Å². The summed E-state index contributed by atoms with van der Waals surface area (Å²) < 4.78 is 16.1. The largest absolute Gasteiger partial charge is 0.296 e. The first-order valence-electron chi connectivity index (χ1n) is 6.28. The van der Waals surface area contributed by atoms with Crippen molar-refractivity contribution in [3.63, 3.8) is 0 Å². The molecule has 0 saturated heterocycles. The lowest BCUT2D eigenvalue weighted by molar-refractivity contribution is 0.619. The standard InChI is InChI=1S/C15H10BrCl2FN2/c16-11-3-2-10(8-12(11)19)21-14-7-9(18)1-4-13(14)20-15(21)5-6-17/h1-4,7-8H,5-6H2. The van der Waals surface area contributed by atoms with Gasteiger partial charge in [-0.05, 0) is 52.3 Å². The van der Waals surface area contributed by atoms with Crippen molar-refractivity contribution in [2.45, 2.75) is 6.42 Å². The SMILES string of the molecule is Fc1cc(-n2c(CCCl)nc3ccc(Cl)cc32)ccc1Br. The number of alkyl halides is 1. The number of aryl methyl sites for hydroxylation is 1. The second kappa shape index (κ2) is 5.95. The van der Waals surface area contributed by atoms with Gasteiger partial charge in [-0.2, -0.15) is 0 Å². The van der Waals surface area contributed by atoms with E-state index in [-0.39, 0.29) is 5.82 Å². The normalized spacial score (nSPS) is 11.2. The maximum atomic E-state index is 13.8. The van der Waals surface area contributed by atoms with Gasteiger partial charge in [-0.3, -0.25) is 4.57 Å². The van der Waals surface area contributed by atoms with Gasteiger partial charge in [0.25, 0.3) is 0 Å². The molecule has 0 N–H and O–H groups in total. The van der Waals surface area contributed by atoms with Crippen LogP contribution in [0.2, 0.25) is 5.02 Å². The van der Waals surface area contributed by atoms with E-state index in [0.29, 0.717) is 27.5 Å². The molecule has 0 saturated carbocycles. The third kappa shape index (κ3) is 2.80. The van der Waals surface area contributed by atoms with Gasteiger partial charge in [-0.1, -0.05) is 11.6 Å². The Bertz CT molecular complexity index is 817. The summed E-state index contributed by atoms with van der Waals surface area (Å²) in [6.45, 7) is 0. The van der Waals surface area contributed by atoms with Crippen molar-refractivity contribution in [2.75, 3.05) is 5.88 Å². The zero-order valence-electron chi connectivity index (χ0n) is 10.8. The molecule has 0 unspecified atom stereocenters. The highest BCUT2D eigenvalue weighted by Crippen LogP contribution is 2.27. The maximum absolute atomic E-state index is 13.8. The lowest BCUT2D eigenvalue weighted by atomic mass is 10.2. The molecule has 0 bridgehead atoms. The van der Waals surface area contributed by atoms with Crippen LogP contribution in [0.3, 0.4) is 0 Å². The summed E-state index contributed by atoms with van der Waals surface area (Å²) in [6, 6.07) is 10.4. The molecule has 0 amide bonds. The first-order chi connectivity index (χ1) is 10.1. The lowest BCUT2D eigenvalue weighted by Crippen LogP contribution is -2.02. The van der Waals surface area contributed by atoms with Crippen LogP contribution in [0.25, 0.3) is 16.7 Å². The van der Waals surface area contributed by atoms with E-state index < -0.39 is 0 Å². The zero-order valence-corrected chi connectivity index (χ0v) is 13.9. The monoisotopic (exact) mass is 386 g/mol. The molecular weight excluding hydrogens is 378 g/mol. The first-order valence-corrected chi connectivity index (χ1v) is 7.99. The highest BCUT2D eigenvalue weighted by atomic mass is 79.9. The predicted molar refractivity (Wildman–Crippen MR) is 88.2 cm³/mol. The fraction of sp³-hybridized carbons (Fsp3) is 0.133.